The molecule has 0 radical (unpaired) electrons. The molecule has 0 spiro atoms. The largest absolute Gasteiger partial charge is 0.374 e. The molecule has 0 amide bonds. The smallest absolute Gasteiger partial charge is 0.254 e. The summed E-state index contributed by atoms with van der Waals surface area (Å²) in [5.41, 5.74) is 1.71. The molecule has 2 saturated heterocycles. The van der Waals surface area contributed by atoms with E-state index in [4.69, 9.17) is 31.2 Å². The van der Waals surface area contributed by atoms with Crippen molar-refractivity contribution in [2.24, 2.45) is 0 Å². The van der Waals surface area contributed by atoms with Gasteiger partial charge in [0.15, 0.2) is 11.0 Å². The van der Waals surface area contributed by atoms with Gasteiger partial charge in [0.25, 0.3) is 5.56 Å². The molecule has 8 heteroatoms. The molecule has 0 aliphatic carbocycles. The minimum atomic E-state index is -0.780. The van der Waals surface area contributed by atoms with Crippen molar-refractivity contribution in [2.75, 3.05) is 13.2 Å². The van der Waals surface area contributed by atoms with E-state index in [0.29, 0.717) is 32.0 Å². The quantitative estimate of drug-likeness (QED) is 0.511. The second-order valence-corrected chi connectivity index (χ2v) is 8.91. The normalized spacial score (nSPS) is 26.0. The maximum atomic E-state index is 12.0. The zero-order chi connectivity index (χ0) is 22.8. The molecular formula is C25H26N2O5S. The first-order valence-electron chi connectivity index (χ1n) is 10.9. The summed E-state index contributed by atoms with van der Waals surface area (Å²) in [5.74, 6) is 0. The fraction of sp³-hybridized carbons (Fsp3) is 0.360. The van der Waals surface area contributed by atoms with E-state index in [-0.39, 0.29) is 22.5 Å². The number of ether oxygens (including phenoxy) is 4. The van der Waals surface area contributed by atoms with Crippen molar-refractivity contribution in [3.8, 4) is 0 Å². The van der Waals surface area contributed by atoms with Crippen molar-refractivity contribution in [3.63, 3.8) is 0 Å². The van der Waals surface area contributed by atoms with Crippen molar-refractivity contribution >= 4 is 12.2 Å². The van der Waals surface area contributed by atoms with E-state index in [1.165, 1.54) is 0 Å². The molecule has 1 aromatic heterocycles. The van der Waals surface area contributed by atoms with Crippen molar-refractivity contribution in [1.29, 1.82) is 0 Å². The fourth-order valence-corrected chi connectivity index (χ4v) is 4.67. The third-order valence-corrected chi connectivity index (χ3v) is 6.44. The summed E-state index contributed by atoms with van der Waals surface area (Å²) in [5, 5.41) is 0. The first kappa shape index (κ1) is 22.2. The molecule has 1 N–H and O–H groups in total. The van der Waals surface area contributed by atoms with Gasteiger partial charge in [-0.3, -0.25) is 14.3 Å². The molecule has 33 heavy (non-hydrogen) atoms. The number of fused-ring (bicyclic) bond motifs is 2. The van der Waals surface area contributed by atoms with Crippen molar-refractivity contribution in [2.45, 2.75) is 44.2 Å². The van der Waals surface area contributed by atoms with Crippen LogP contribution in [0.25, 0.3) is 0 Å². The van der Waals surface area contributed by atoms with E-state index in [9.17, 15) is 4.79 Å². The van der Waals surface area contributed by atoms with Gasteiger partial charge in [-0.05, 0) is 30.3 Å². The average molecular weight is 467 g/mol. The van der Waals surface area contributed by atoms with Crippen LogP contribution in [0.1, 0.15) is 22.9 Å². The lowest BCUT2D eigenvalue weighted by atomic mass is 10.00. The lowest BCUT2D eigenvalue weighted by Crippen LogP contribution is -2.46. The van der Waals surface area contributed by atoms with E-state index in [1.807, 2.05) is 60.7 Å². The second kappa shape index (κ2) is 9.32. The van der Waals surface area contributed by atoms with Gasteiger partial charge in [-0.1, -0.05) is 60.7 Å². The lowest BCUT2D eigenvalue weighted by Gasteiger charge is -2.32. The zero-order valence-electron chi connectivity index (χ0n) is 18.3. The van der Waals surface area contributed by atoms with Crippen LogP contribution < -0.4 is 5.56 Å². The maximum absolute atomic E-state index is 12.0. The number of benzene rings is 2. The molecule has 2 aliphatic rings. The van der Waals surface area contributed by atoms with Crippen LogP contribution in [-0.2, 0) is 32.2 Å². The molecule has 4 atom stereocenters. The molecule has 2 aromatic carbocycles. The molecule has 7 nitrogen and oxygen atoms in total. The molecule has 0 saturated carbocycles. The number of aromatic nitrogens is 2. The predicted octanol–water partition coefficient (Wildman–Crippen LogP) is 3.68. The Bertz CT molecular complexity index is 1210. The highest BCUT2D eigenvalue weighted by molar-refractivity contribution is 7.71. The van der Waals surface area contributed by atoms with E-state index in [1.54, 1.807) is 17.7 Å². The average Bonchev–Trinajstić information content (AvgIpc) is 3.33. The summed E-state index contributed by atoms with van der Waals surface area (Å²) in [4.78, 5) is 14.7. The molecule has 3 heterocycles. The summed E-state index contributed by atoms with van der Waals surface area (Å²) < 4.78 is 27.2. The molecular weight excluding hydrogens is 440 g/mol. The van der Waals surface area contributed by atoms with Crippen LogP contribution in [0.5, 0.6) is 0 Å². The van der Waals surface area contributed by atoms with Gasteiger partial charge >= 0.3 is 0 Å². The second-order valence-electron chi connectivity index (χ2n) is 8.52. The van der Waals surface area contributed by atoms with Crippen molar-refractivity contribution in [3.05, 3.63) is 98.7 Å². The van der Waals surface area contributed by atoms with Crippen LogP contribution in [-0.4, -0.2) is 40.6 Å². The minimum Gasteiger partial charge on any atom is -0.374 e. The molecule has 172 valence electrons. The third-order valence-electron chi connectivity index (χ3n) is 6.12. The van der Waals surface area contributed by atoms with Crippen molar-refractivity contribution < 1.29 is 18.9 Å². The monoisotopic (exact) mass is 466 g/mol. The standard InChI is InChI=1S/C25H26N2O5S/c1-17-12-27(24(33)26-22(17)28)23-20-21(30-14-19-10-6-3-7-11-19)25(32-23,16-31-20)15-29-13-18-8-4-2-5-9-18/h2-12,20-21,23H,13-16H2,1H3,(H,26,28,33)/t20-,21?,23+,25+/m0/s1. The van der Waals surface area contributed by atoms with Gasteiger partial charge in [-0.2, -0.15) is 0 Å². The first-order valence-corrected chi connectivity index (χ1v) is 11.4. The van der Waals surface area contributed by atoms with Gasteiger partial charge in [0.2, 0.25) is 0 Å². The number of hydrogen-bond acceptors (Lipinski definition) is 6. The van der Waals surface area contributed by atoms with Gasteiger partial charge in [0, 0.05) is 11.8 Å². The minimum absolute atomic E-state index is 0.210. The zero-order valence-corrected chi connectivity index (χ0v) is 19.1. The molecule has 2 fully saturated rings. The van der Waals surface area contributed by atoms with E-state index in [2.05, 4.69) is 4.98 Å². The number of H-pyrrole nitrogens is 1. The van der Waals surface area contributed by atoms with Crippen molar-refractivity contribution in [1.82, 2.24) is 9.55 Å². The highest BCUT2D eigenvalue weighted by Gasteiger charge is 2.63. The van der Waals surface area contributed by atoms with Crippen LogP contribution >= 0.6 is 12.2 Å². The predicted molar refractivity (Wildman–Crippen MR) is 124 cm³/mol. The summed E-state index contributed by atoms with van der Waals surface area (Å²) in [6.45, 7) is 3.30. The Morgan fingerprint density at radius 3 is 2.45 bits per heavy atom. The van der Waals surface area contributed by atoms with E-state index < -0.39 is 11.8 Å². The van der Waals surface area contributed by atoms with Gasteiger partial charge in [-0.15, -0.1) is 0 Å². The van der Waals surface area contributed by atoms with Crippen LogP contribution in [0.15, 0.2) is 71.7 Å². The number of aromatic amines is 1. The van der Waals surface area contributed by atoms with E-state index >= 15 is 0 Å². The fourth-order valence-electron chi connectivity index (χ4n) is 4.42. The summed E-state index contributed by atoms with van der Waals surface area (Å²) in [7, 11) is 0. The first-order chi connectivity index (χ1) is 16.1. The Balaban J connectivity index is 1.39. The van der Waals surface area contributed by atoms with E-state index in [0.717, 1.165) is 11.1 Å². The summed E-state index contributed by atoms with van der Waals surface area (Å²) in [6.07, 6.45) is 0.449. The Morgan fingerprint density at radius 2 is 1.76 bits per heavy atom. The molecule has 3 aromatic rings. The maximum Gasteiger partial charge on any atom is 0.254 e. The van der Waals surface area contributed by atoms with Gasteiger partial charge in [0.1, 0.15) is 17.8 Å². The number of nitrogens with zero attached hydrogens (tertiary/aromatic N) is 1. The molecule has 2 bridgehead atoms. The molecule has 1 unspecified atom stereocenters. The lowest BCUT2D eigenvalue weighted by molar-refractivity contribution is -0.196. The van der Waals surface area contributed by atoms with Crippen LogP contribution in [0.3, 0.4) is 0 Å². The van der Waals surface area contributed by atoms with Gasteiger partial charge in [0.05, 0.1) is 26.4 Å². The Morgan fingerprint density at radius 1 is 1.09 bits per heavy atom. The SMILES string of the molecule is Cc1cn([C@@H]2O[C@]3(COCc4ccccc4)CO[C@H]2C3OCc2ccccc2)c(=S)[nH]c1=O. The summed E-state index contributed by atoms with van der Waals surface area (Å²) in [6, 6.07) is 20.0. The van der Waals surface area contributed by atoms with Gasteiger partial charge < -0.3 is 18.9 Å². The highest BCUT2D eigenvalue weighted by Crippen LogP contribution is 2.47. The molecule has 5 rings (SSSR count). The number of hydrogen-bond donors (Lipinski definition) is 1. The topological polar surface area (TPSA) is 74.7 Å². The summed E-state index contributed by atoms with van der Waals surface area (Å²) >= 11 is 5.42. The number of aryl methyl sites for hydroxylation is 1. The Kier molecular flexibility index (Phi) is 6.27. The number of nitrogens with one attached hydrogen (secondary N) is 1. The Labute approximate surface area is 196 Å². The van der Waals surface area contributed by atoms with Crippen LogP contribution in [0.2, 0.25) is 0 Å². The number of rotatable bonds is 8. The Hall–Kier alpha value is -2.62. The highest BCUT2D eigenvalue weighted by atomic mass is 32.1. The van der Waals surface area contributed by atoms with Crippen LogP contribution in [0.4, 0.5) is 0 Å². The third kappa shape index (κ3) is 4.45. The molecule has 2 aliphatic heterocycles. The van der Waals surface area contributed by atoms with Crippen LogP contribution in [0, 0.1) is 11.7 Å². The van der Waals surface area contributed by atoms with Gasteiger partial charge in [-0.25, -0.2) is 0 Å².